The molecule has 1 atom stereocenters. The van der Waals surface area contributed by atoms with Gasteiger partial charge in [0.05, 0.1) is 11.6 Å². The zero-order chi connectivity index (χ0) is 20.4. The minimum atomic E-state index is -0.0518. The second-order valence-electron chi connectivity index (χ2n) is 7.04. The lowest BCUT2D eigenvalue weighted by Gasteiger charge is -2.19. The number of anilines is 2. The first kappa shape index (κ1) is 18.6. The molecule has 6 heteroatoms. The number of nitrogen functional groups attached to an aromatic ring is 1. The van der Waals surface area contributed by atoms with Crippen LogP contribution >= 0.6 is 0 Å². The number of hydrogen-bond acceptors (Lipinski definition) is 5. The van der Waals surface area contributed by atoms with Gasteiger partial charge in [-0.15, -0.1) is 0 Å². The number of phenolic OH excluding ortho intramolecular Hbond substituents is 1. The first-order valence-electron chi connectivity index (χ1n) is 9.44. The normalized spacial score (nSPS) is 11.9. The van der Waals surface area contributed by atoms with E-state index in [4.69, 9.17) is 5.73 Å². The van der Waals surface area contributed by atoms with E-state index in [9.17, 15) is 5.11 Å². The van der Waals surface area contributed by atoms with E-state index in [1.54, 1.807) is 24.3 Å². The molecular formula is C23H23N5O. The summed E-state index contributed by atoms with van der Waals surface area (Å²) in [5.41, 5.74) is 12.2. The maximum Gasteiger partial charge on any atom is 0.139 e. The lowest BCUT2D eigenvalue weighted by molar-refractivity contribution is 0.475. The van der Waals surface area contributed by atoms with Crippen LogP contribution in [0.25, 0.3) is 22.3 Å². The van der Waals surface area contributed by atoms with Gasteiger partial charge >= 0.3 is 0 Å². The molecule has 2 aromatic carbocycles. The highest BCUT2D eigenvalue weighted by Crippen LogP contribution is 2.35. The molecule has 0 amide bonds. The van der Waals surface area contributed by atoms with Crippen molar-refractivity contribution < 1.29 is 5.11 Å². The number of nitrogens with two attached hydrogens (primary N) is 1. The van der Waals surface area contributed by atoms with E-state index in [-0.39, 0.29) is 11.8 Å². The highest BCUT2D eigenvalue weighted by Gasteiger charge is 2.18. The Morgan fingerprint density at radius 3 is 2.45 bits per heavy atom. The smallest absolute Gasteiger partial charge is 0.139 e. The van der Waals surface area contributed by atoms with Crippen molar-refractivity contribution in [1.82, 2.24) is 15.0 Å². The number of aromatic hydroxyl groups is 1. The van der Waals surface area contributed by atoms with Crippen molar-refractivity contribution in [1.29, 1.82) is 0 Å². The molecule has 0 saturated carbocycles. The van der Waals surface area contributed by atoms with Crippen molar-refractivity contribution >= 4 is 11.6 Å². The van der Waals surface area contributed by atoms with E-state index in [0.29, 0.717) is 17.2 Å². The first-order chi connectivity index (χ1) is 14.0. The summed E-state index contributed by atoms with van der Waals surface area (Å²) in [5.74, 6) is 1.22. The summed E-state index contributed by atoms with van der Waals surface area (Å²) < 4.78 is 0. The molecule has 2 heterocycles. The standard InChI is InChI=1S/C23H23N5O/c1-14-12-19(16-6-4-3-5-7-16)21(27-14)15(2)28-23-20(22(24)25-13-26-23)17-8-10-18(29)11-9-17/h3-13,15,27,29H,1-2H3,(H3,24,25,26,28)/t15-/m0/s1. The van der Waals surface area contributed by atoms with Gasteiger partial charge in [0.1, 0.15) is 23.7 Å². The van der Waals surface area contributed by atoms with E-state index >= 15 is 0 Å². The number of nitrogens with one attached hydrogen (secondary N) is 2. The van der Waals surface area contributed by atoms with Crippen LogP contribution in [0.15, 0.2) is 67.0 Å². The summed E-state index contributed by atoms with van der Waals surface area (Å²) in [6, 6.07) is 19.2. The highest BCUT2D eigenvalue weighted by molar-refractivity contribution is 5.84. The van der Waals surface area contributed by atoms with Crippen molar-refractivity contribution in [3.8, 4) is 28.0 Å². The predicted octanol–water partition coefficient (Wildman–Crippen LogP) is 4.91. The van der Waals surface area contributed by atoms with Gasteiger partial charge in [-0.05, 0) is 43.2 Å². The summed E-state index contributed by atoms with van der Waals surface area (Å²) >= 11 is 0. The molecule has 0 radical (unpaired) electrons. The summed E-state index contributed by atoms with van der Waals surface area (Å²) in [7, 11) is 0. The van der Waals surface area contributed by atoms with Crippen LogP contribution in [0.5, 0.6) is 5.75 Å². The van der Waals surface area contributed by atoms with Gasteiger partial charge in [0.25, 0.3) is 0 Å². The number of aromatic amines is 1. The number of H-pyrrole nitrogens is 1. The minimum absolute atomic E-state index is 0.0518. The van der Waals surface area contributed by atoms with E-state index in [1.807, 2.05) is 25.1 Å². The molecule has 29 heavy (non-hydrogen) atoms. The van der Waals surface area contributed by atoms with Crippen molar-refractivity contribution in [2.75, 3.05) is 11.1 Å². The van der Waals surface area contributed by atoms with Crippen LogP contribution in [0.1, 0.15) is 24.4 Å². The van der Waals surface area contributed by atoms with Crippen LogP contribution in [0, 0.1) is 6.92 Å². The van der Waals surface area contributed by atoms with Crippen LogP contribution in [0.2, 0.25) is 0 Å². The molecule has 5 N–H and O–H groups in total. The highest BCUT2D eigenvalue weighted by atomic mass is 16.3. The van der Waals surface area contributed by atoms with Crippen LogP contribution in [-0.4, -0.2) is 20.1 Å². The zero-order valence-corrected chi connectivity index (χ0v) is 16.3. The van der Waals surface area contributed by atoms with Gasteiger partial charge in [0.2, 0.25) is 0 Å². The van der Waals surface area contributed by atoms with Gasteiger partial charge in [0, 0.05) is 17.0 Å². The molecule has 0 aliphatic heterocycles. The molecule has 0 aliphatic carbocycles. The van der Waals surface area contributed by atoms with Gasteiger partial charge in [-0.3, -0.25) is 0 Å². The topological polar surface area (TPSA) is 99.8 Å². The quantitative estimate of drug-likeness (QED) is 0.391. The fourth-order valence-corrected chi connectivity index (χ4v) is 3.51. The maximum absolute atomic E-state index is 9.60. The van der Waals surface area contributed by atoms with Crippen molar-refractivity contribution in [2.45, 2.75) is 19.9 Å². The summed E-state index contributed by atoms with van der Waals surface area (Å²) in [4.78, 5) is 12.1. The number of phenols is 1. The third-order valence-corrected chi connectivity index (χ3v) is 4.89. The second-order valence-corrected chi connectivity index (χ2v) is 7.04. The number of nitrogens with zero attached hydrogens (tertiary/aromatic N) is 2. The summed E-state index contributed by atoms with van der Waals surface area (Å²) in [6.07, 6.45) is 1.45. The van der Waals surface area contributed by atoms with Gasteiger partial charge in [-0.1, -0.05) is 42.5 Å². The Bertz CT molecular complexity index is 1120. The van der Waals surface area contributed by atoms with Crippen molar-refractivity contribution in [2.24, 2.45) is 0 Å². The maximum atomic E-state index is 9.60. The van der Waals surface area contributed by atoms with Crippen molar-refractivity contribution in [3.05, 3.63) is 78.4 Å². The molecule has 0 fully saturated rings. The first-order valence-corrected chi connectivity index (χ1v) is 9.44. The Kier molecular flexibility index (Phi) is 4.91. The van der Waals surface area contributed by atoms with Gasteiger partial charge in [-0.25, -0.2) is 9.97 Å². The van der Waals surface area contributed by atoms with Crippen LogP contribution in [-0.2, 0) is 0 Å². The van der Waals surface area contributed by atoms with Crippen LogP contribution in [0.4, 0.5) is 11.6 Å². The average molecular weight is 385 g/mol. The molecule has 146 valence electrons. The Labute approximate surface area is 169 Å². The molecule has 0 spiro atoms. The number of benzene rings is 2. The Morgan fingerprint density at radius 2 is 1.72 bits per heavy atom. The van der Waals surface area contributed by atoms with Crippen LogP contribution < -0.4 is 11.1 Å². The molecule has 0 bridgehead atoms. The van der Waals surface area contributed by atoms with Gasteiger partial charge in [0.15, 0.2) is 0 Å². The fourth-order valence-electron chi connectivity index (χ4n) is 3.51. The SMILES string of the molecule is Cc1cc(-c2ccccc2)c([C@H](C)Nc2ncnc(N)c2-c2ccc(O)cc2)[nH]1. The summed E-state index contributed by atoms with van der Waals surface area (Å²) in [6.45, 7) is 4.13. The Hall–Kier alpha value is -3.80. The Balaban J connectivity index is 1.71. The lowest BCUT2D eigenvalue weighted by Crippen LogP contribution is -2.12. The van der Waals surface area contributed by atoms with Crippen LogP contribution in [0.3, 0.4) is 0 Å². The van der Waals surface area contributed by atoms with E-state index in [0.717, 1.165) is 28.1 Å². The molecular weight excluding hydrogens is 362 g/mol. The third-order valence-electron chi connectivity index (χ3n) is 4.89. The minimum Gasteiger partial charge on any atom is -0.508 e. The predicted molar refractivity (Wildman–Crippen MR) is 117 cm³/mol. The number of aryl methyl sites for hydroxylation is 1. The lowest BCUT2D eigenvalue weighted by atomic mass is 10.0. The molecule has 0 unspecified atom stereocenters. The second kappa shape index (κ2) is 7.67. The molecule has 4 aromatic rings. The van der Waals surface area contributed by atoms with E-state index < -0.39 is 0 Å². The number of rotatable bonds is 5. The molecule has 6 nitrogen and oxygen atoms in total. The van der Waals surface area contributed by atoms with Gasteiger partial charge in [-0.2, -0.15) is 0 Å². The largest absolute Gasteiger partial charge is 0.508 e. The number of aromatic nitrogens is 3. The van der Waals surface area contributed by atoms with Gasteiger partial charge < -0.3 is 21.1 Å². The Morgan fingerprint density at radius 1 is 1.00 bits per heavy atom. The summed E-state index contributed by atoms with van der Waals surface area (Å²) in [5, 5.41) is 13.1. The monoisotopic (exact) mass is 385 g/mol. The van der Waals surface area contributed by atoms with E-state index in [2.05, 4.69) is 45.4 Å². The van der Waals surface area contributed by atoms with E-state index in [1.165, 1.54) is 6.33 Å². The zero-order valence-electron chi connectivity index (χ0n) is 16.3. The molecule has 2 aromatic heterocycles. The number of hydrogen-bond donors (Lipinski definition) is 4. The fraction of sp³-hybridized carbons (Fsp3) is 0.130. The van der Waals surface area contributed by atoms with Crippen molar-refractivity contribution in [3.63, 3.8) is 0 Å². The average Bonchev–Trinajstić information content (AvgIpc) is 3.12. The molecule has 0 saturated heterocycles. The molecule has 4 rings (SSSR count). The molecule has 0 aliphatic rings. The third kappa shape index (κ3) is 3.78.